The molecule has 0 unspecified atom stereocenters. The fraction of sp³-hybridized carbons (Fsp3) is 0.207. The van der Waals surface area contributed by atoms with Crippen LogP contribution in [0.5, 0.6) is 17.2 Å². The number of ether oxygens (including phenoxy) is 3. The molecule has 4 aromatic rings. The van der Waals surface area contributed by atoms with E-state index in [0.717, 1.165) is 11.1 Å². The minimum Gasteiger partial charge on any atom is -0.495 e. The second-order valence-electron chi connectivity index (χ2n) is 8.93. The minimum atomic E-state index is -0.552. The molecule has 9 heteroatoms. The Bertz CT molecular complexity index is 1490. The number of anilines is 2. The molecule has 2 heterocycles. The van der Waals surface area contributed by atoms with E-state index in [9.17, 15) is 4.79 Å². The Morgan fingerprint density at radius 3 is 2.50 bits per heavy atom. The fourth-order valence-corrected chi connectivity index (χ4v) is 4.45. The van der Waals surface area contributed by atoms with Crippen LogP contribution in [0.1, 0.15) is 29.7 Å². The summed E-state index contributed by atoms with van der Waals surface area (Å²) in [7, 11) is 3.16. The largest absolute Gasteiger partial charge is 0.495 e. The molecule has 0 saturated carbocycles. The molecule has 1 amide bonds. The van der Waals surface area contributed by atoms with Crippen molar-refractivity contribution in [2.24, 2.45) is 0 Å². The van der Waals surface area contributed by atoms with Gasteiger partial charge in [0.1, 0.15) is 24.7 Å². The van der Waals surface area contributed by atoms with Gasteiger partial charge in [0, 0.05) is 5.70 Å². The van der Waals surface area contributed by atoms with Crippen LogP contribution in [0.25, 0.3) is 0 Å². The topological polar surface area (TPSA) is 99.5 Å². The maximum atomic E-state index is 13.7. The van der Waals surface area contributed by atoms with E-state index in [1.165, 1.54) is 11.9 Å². The monoisotopic (exact) mass is 511 g/mol. The number of aromatic nitrogens is 3. The number of methoxy groups -OCH3 is 2. The van der Waals surface area contributed by atoms with Crippen LogP contribution in [-0.2, 0) is 11.4 Å². The second-order valence-corrected chi connectivity index (χ2v) is 8.93. The normalized spacial score (nSPS) is 14.4. The van der Waals surface area contributed by atoms with Crippen LogP contribution in [0.3, 0.4) is 0 Å². The summed E-state index contributed by atoms with van der Waals surface area (Å²) in [5.41, 5.74) is 4.77. The minimum absolute atomic E-state index is 0.288. The number of rotatable bonds is 8. The Kier molecular flexibility index (Phi) is 6.99. The van der Waals surface area contributed by atoms with Crippen molar-refractivity contribution in [3.8, 4) is 17.2 Å². The molecule has 5 rings (SSSR count). The van der Waals surface area contributed by atoms with Crippen molar-refractivity contribution < 1.29 is 19.0 Å². The number of aryl methyl sites for hydroxylation is 1. The number of amides is 1. The predicted octanol–water partition coefficient (Wildman–Crippen LogP) is 5.11. The van der Waals surface area contributed by atoms with Gasteiger partial charge < -0.3 is 24.8 Å². The molecule has 1 aromatic heterocycles. The first-order valence-electron chi connectivity index (χ1n) is 12.2. The number of nitrogens with zero attached hydrogens (tertiary/aromatic N) is 3. The summed E-state index contributed by atoms with van der Waals surface area (Å²) in [6.07, 6.45) is 1.46. The Balaban J connectivity index is 1.47. The number of allylic oxidation sites excluding steroid dienone is 1. The highest BCUT2D eigenvalue weighted by molar-refractivity contribution is 6.06. The molecule has 2 N–H and O–H groups in total. The molecule has 9 nitrogen and oxygen atoms in total. The number of nitrogens with one attached hydrogen (secondary N) is 2. The molecule has 0 spiro atoms. The molecule has 1 atom stereocenters. The third-order valence-corrected chi connectivity index (χ3v) is 6.41. The van der Waals surface area contributed by atoms with Crippen LogP contribution in [-0.4, -0.2) is 34.9 Å². The lowest BCUT2D eigenvalue weighted by Crippen LogP contribution is -2.31. The molecule has 0 aliphatic carbocycles. The molecule has 0 bridgehead atoms. The number of fused-ring (bicyclic) bond motifs is 1. The van der Waals surface area contributed by atoms with Gasteiger partial charge in [-0.15, -0.1) is 0 Å². The van der Waals surface area contributed by atoms with Gasteiger partial charge in [0.15, 0.2) is 11.5 Å². The highest BCUT2D eigenvalue weighted by atomic mass is 16.5. The average Bonchev–Trinajstić information content (AvgIpc) is 3.40. The first-order chi connectivity index (χ1) is 18.5. The predicted molar refractivity (Wildman–Crippen MR) is 145 cm³/mol. The number of carbonyl (C=O) groups excluding carboxylic acids is 1. The van der Waals surface area contributed by atoms with Crippen molar-refractivity contribution in [2.75, 3.05) is 24.9 Å². The summed E-state index contributed by atoms with van der Waals surface area (Å²) in [6.45, 7) is 4.30. The van der Waals surface area contributed by atoms with E-state index in [2.05, 4.69) is 39.8 Å². The lowest BCUT2D eigenvalue weighted by atomic mass is 9.94. The van der Waals surface area contributed by atoms with E-state index in [0.29, 0.717) is 46.8 Å². The highest BCUT2D eigenvalue weighted by Gasteiger charge is 2.34. The molecule has 0 fully saturated rings. The summed E-state index contributed by atoms with van der Waals surface area (Å²) < 4.78 is 18.9. The highest BCUT2D eigenvalue weighted by Crippen LogP contribution is 2.39. The summed E-state index contributed by atoms with van der Waals surface area (Å²) in [4.78, 5) is 18.0. The fourth-order valence-electron chi connectivity index (χ4n) is 4.45. The van der Waals surface area contributed by atoms with Crippen LogP contribution in [0.15, 0.2) is 84.3 Å². The van der Waals surface area contributed by atoms with Crippen molar-refractivity contribution in [1.29, 1.82) is 0 Å². The Morgan fingerprint density at radius 1 is 0.974 bits per heavy atom. The lowest BCUT2D eigenvalue weighted by Gasteiger charge is -2.29. The maximum absolute atomic E-state index is 13.7. The van der Waals surface area contributed by atoms with Gasteiger partial charge in [0.05, 0.1) is 25.5 Å². The SMILES string of the molecule is COc1ccccc1NC(=O)C1=C(C)Nc2ncnn2[C@H]1c1ccc(OCc2ccc(C)cc2)c(OC)c1. The average molecular weight is 512 g/mol. The van der Waals surface area contributed by atoms with Crippen LogP contribution in [0.4, 0.5) is 11.6 Å². The van der Waals surface area contributed by atoms with E-state index < -0.39 is 6.04 Å². The van der Waals surface area contributed by atoms with Crippen LogP contribution < -0.4 is 24.8 Å². The summed E-state index contributed by atoms with van der Waals surface area (Å²) in [5, 5.41) is 10.6. The zero-order chi connectivity index (χ0) is 26.6. The van der Waals surface area contributed by atoms with E-state index in [-0.39, 0.29) is 5.91 Å². The van der Waals surface area contributed by atoms with Crippen LogP contribution in [0.2, 0.25) is 0 Å². The quantitative estimate of drug-likeness (QED) is 0.339. The molecule has 0 radical (unpaired) electrons. The molecule has 1 aliphatic heterocycles. The van der Waals surface area contributed by atoms with Crippen LogP contribution >= 0.6 is 0 Å². The zero-order valence-electron chi connectivity index (χ0n) is 21.7. The first kappa shape index (κ1) is 24.9. The summed E-state index contributed by atoms with van der Waals surface area (Å²) in [5.74, 6) is 1.98. The Labute approximate surface area is 221 Å². The van der Waals surface area contributed by atoms with E-state index in [4.69, 9.17) is 14.2 Å². The van der Waals surface area contributed by atoms with Gasteiger partial charge in [0.25, 0.3) is 5.91 Å². The Morgan fingerprint density at radius 2 is 1.74 bits per heavy atom. The van der Waals surface area contributed by atoms with Gasteiger partial charge in [-0.2, -0.15) is 10.1 Å². The molecule has 38 heavy (non-hydrogen) atoms. The molecule has 194 valence electrons. The third kappa shape index (κ3) is 4.90. The maximum Gasteiger partial charge on any atom is 0.255 e. The smallest absolute Gasteiger partial charge is 0.255 e. The van der Waals surface area contributed by atoms with Crippen molar-refractivity contribution >= 4 is 17.5 Å². The van der Waals surface area contributed by atoms with Gasteiger partial charge in [0.2, 0.25) is 5.95 Å². The van der Waals surface area contributed by atoms with Crippen molar-refractivity contribution in [3.05, 3.63) is 101 Å². The third-order valence-electron chi connectivity index (χ3n) is 6.41. The first-order valence-corrected chi connectivity index (χ1v) is 12.2. The lowest BCUT2D eigenvalue weighted by molar-refractivity contribution is -0.113. The number of carbonyl (C=O) groups is 1. The number of benzene rings is 3. The second kappa shape index (κ2) is 10.7. The van der Waals surface area contributed by atoms with Crippen molar-refractivity contribution in [1.82, 2.24) is 14.8 Å². The number of hydrogen-bond donors (Lipinski definition) is 2. The molecular formula is C29H29N5O4. The van der Waals surface area contributed by atoms with Gasteiger partial charge in [-0.1, -0.05) is 48.0 Å². The van der Waals surface area contributed by atoms with E-state index in [1.54, 1.807) is 31.0 Å². The summed E-state index contributed by atoms with van der Waals surface area (Å²) >= 11 is 0. The van der Waals surface area contributed by atoms with Gasteiger partial charge in [-0.05, 0) is 49.2 Å². The number of para-hydroxylation sites is 2. The molecular weight excluding hydrogens is 482 g/mol. The molecule has 0 saturated heterocycles. The van der Waals surface area contributed by atoms with Crippen LogP contribution in [0, 0.1) is 6.92 Å². The zero-order valence-corrected chi connectivity index (χ0v) is 21.7. The van der Waals surface area contributed by atoms with E-state index >= 15 is 0 Å². The van der Waals surface area contributed by atoms with Gasteiger partial charge >= 0.3 is 0 Å². The molecule has 1 aliphatic rings. The van der Waals surface area contributed by atoms with E-state index in [1.807, 2.05) is 49.4 Å². The summed E-state index contributed by atoms with van der Waals surface area (Å²) in [6, 6.07) is 20.5. The van der Waals surface area contributed by atoms with Crippen molar-refractivity contribution in [2.45, 2.75) is 26.5 Å². The molecule has 3 aromatic carbocycles. The van der Waals surface area contributed by atoms with Crippen molar-refractivity contribution in [3.63, 3.8) is 0 Å². The van der Waals surface area contributed by atoms with Gasteiger partial charge in [-0.3, -0.25) is 4.79 Å². The van der Waals surface area contributed by atoms with Gasteiger partial charge in [-0.25, -0.2) is 4.68 Å². The Hall–Kier alpha value is -4.79. The number of hydrogen-bond acceptors (Lipinski definition) is 7. The standard InChI is InChI=1S/C29H29N5O4/c1-18-9-11-20(12-10-18)16-38-24-14-13-21(15-25(24)37-4)27-26(19(2)32-29-30-17-31-34(27)29)28(35)33-22-7-5-6-8-23(22)36-3/h5-15,17,27H,16H2,1-4H3,(H,33,35)(H,30,31,32)/t27-/m0/s1.